The average Bonchev–Trinajstić information content (AvgIpc) is 3.39. The second-order valence-corrected chi connectivity index (χ2v) is 18.2. The molecule has 5 aromatic carbocycles. The molecule has 6 atom stereocenters. The van der Waals surface area contributed by atoms with Gasteiger partial charge in [-0.1, -0.05) is 110 Å². The van der Waals surface area contributed by atoms with Crippen LogP contribution in [-0.4, -0.2) is 69.8 Å². The fraction of sp³-hybridized carbons (Fsp3) is 0.345. The number of hydrogen-bond acceptors (Lipinski definition) is 10. The van der Waals surface area contributed by atoms with Gasteiger partial charge in [-0.25, -0.2) is 0 Å². The molecule has 0 saturated heterocycles. The van der Waals surface area contributed by atoms with E-state index in [9.17, 15) is 25.1 Å². The smallest absolute Gasteiger partial charge is 0.269 e. The number of aliphatic hydroxyl groups excluding tert-OH is 2. The van der Waals surface area contributed by atoms with Crippen molar-refractivity contribution in [2.24, 2.45) is 22.9 Å². The number of fused-ring (bicyclic) bond motifs is 2. The number of allylic oxidation sites excluding steroid dienone is 1. The summed E-state index contributed by atoms with van der Waals surface area (Å²) < 4.78 is 21.2. The number of nitrogens with zero attached hydrogens (tertiary/aromatic N) is 3. The molecule has 1 heterocycles. The summed E-state index contributed by atoms with van der Waals surface area (Å²) >= 11 is 0. The third-order valence-electron chi connectivity index (χ3n) is 13.7. The van der Waals surface area contributed by atoms with Gasteiger partial charge >= 0.3 is 0 Å². The molecule has 2 N–H and O–H groups in total. The van der Waals surface area contributed by atoms with Crippen LogP contribution in [-0.2, 0) is 21.0 Å². The second-order valence-electron chi connectivity index (χ2n) is 18.2. The Hall–Kier alpha value is -6.86. The Labute approximate surface area is 410 Å². The van der Waals surface area contributed by atoms with Crippen molar-refractivity contribution >= 4 is 23.4 Å². The molecule has 364 valence electrons. The summed E-state index contributed by atoms with van der Waals surface area (Å²) in [6, 6.07) is 39.4. The standard InChI is InChI=1S/C58H63N3O9/c1-3-33-60(55(64)32-23-41-21-26-46(27-22-41)61(65)66)54-39-52(59-68-40-42-15-7-5-8-16-42)50-37-45(19-11-13-34-62)49(20-12-14-35-63)56-51-38-48(30-31-53(51)70-58(54,57(50)56)67-36-4-2)69-47-28-24-44(25-29-47)43-17-9-6-10-18-43/h4-10,15-18,21-32,37-38,45,49,54,56-57,62-63H,2-3,11-14,19-20,33-36,39-40H2,1H3/t45-,49+,54-,56+,57+,58+/m0/s1. The van der Waals surface area contributed by atoms with Gasteiger partial charge in [-0.3, -0.25) is 14.9 Å². The Morgan fingerprint density at radius 1 is 0.886 bits per heavy atom. The van der Waals surface area contributed by atoms with Crippen LogP contribution in [0.25, 0.3) is 17.2 Å². The first kappa shape index (κ1) is 49.6. The van der Waals surface area contributed by atoms with Crippen molar-refractivity contribution in [3.05, 3.63) is 185 Å². The van der Waals surface area contributed by atoms with Gasteiger partial charge in [0, 0.05) is 55.9 Å². The maximum absolute atomic E-state index is 14.9. The minimum Gasteiger partial charge on any atom is -0.459 e. The quantitative estimate of drug-likeness (QED) is 0.0214. The van der Waals surface area contributed by atoms with Crippen molar-refractivity contribution in [1.82, 2.24) is 4.90 Å². The highest BCUT2D eigenvalue weighted by atomic mass is 16.7. The molecule has 0 aromatic heterocycles. The lowest BCUT2D eigenvalue weighted by atomic mass is 9.55. The van der Waals surface area contributed by atoms with Gasteiger partial charge in [0.05, 0.1) is 23.2 Å². The molecule has 12 nitrogen and oxygen atoms in total. The molecule has 0 spiro atoms. The molecule has 0 bridgehead atoms. The summed E-state index contributed by atoms with van der Waals surface area (Å²) in [5, 5.41) is 36.4. The molecule has 1 aliphatic heterocycles. The van der Waals surface area contributed by atoms with Crippen LogP contribution in [0.2, 0.25) is 0 Å². The molecular weight excluding hydrogens is 883 g/mol. The van der Waals surface area contributed by atoms with Crippen LogP contribution in [0.4, 0.5) is 5.69 Å². The number of ether oxygens (including phenoxy) is 3. The fourth-order valence-corrected chi connectivity index (χ4v) is 10.6. The van der Waals surface area contributed by atoms with Crippen molar-refractivity contribution < 1.29 is 39.0 Å². The average molecular weight is 946 g/mol. The number of benzene rings is 5. The van der Waals surface area contributed by atoms with Crippen LogP contribution in [0.15, 0.2) is 163 Å². The zero-order valence-corrected chi connectivity index (χ0v) is 39.8. The Morgan fingerprint density at radius 3 is 2.26 bits per heavy atom. The molecule has 8 rings (SSSR count). The predicted octanol–water partition coefficient (Wildman–Crippen LogP) is 11.8. The topological polar surface area (TPSA) is 153 Å². The van der Waals surface area contributed by atoms with Crippen LogP contribution >= 0.6 is 0 Å². The van der Waals surface area contributed by atoms with E-state index in [1.807, 2.05) is 84.6 Å². The second kappa shape index (κ2) is 23.6. The molecule has 0 radical (unpaired) electrons. The number of unbranched alkanes of at least 4 members (excludes halogenated alkanes) is 2. The van der Waals surface area contributed by atoms with Crippen molar-refractivity contribution in [3.63, 3.8) is 0 Å². The number of hydrogen-bond donors (Lipinski definition) is 2. The van der Waals surface area contributed by atoms with E-state index in [1.54, 1.807) is 24.3 Å². The number of aliphatic hydroxyl groups is 2. The minimum absolute atomic E-state index is 0.0244. The SMILES string of the molecule is C=CCO[C@@]12Oc3ccc(Oc4ccc(-c5ccccc5)cc4)cc3[C@H]3[C@H](CCCCO)[C@@H](CCCCO)C=C(C(=NOCc4ccccc4)C[C@@H]1N(CCC)C(=O)C=Cc1ccc([N+](=O)[O-])cc1)[C@H]32. The number of rotatable bonds is 23. The number of oxime groups is 1. The lowest BCUT2D eigenvalue weighted by molar-refractivity contribution is -0.384. The van der Waals surface area contributed by atoms with Crippen molar-refractivity contribution in [3.8, 4) is 28.4 Å². The molecule has 12 heteroatoms. The number of non-ortho nitro benzene ring substituents is 1. The van der Waals surface area contributed by atoms with Crippen LogP contribution in [0, 0.1) is 27.9 Å². The number of nitro groups is 1. The number of carbonyl (C=O) groups is 1. The van der Waals surface area contributed by atoms with Crippen molar-refractivity contribution in [2.45, 2.75) is 82.6 Å². The Balaban J connectivity index is 1.28. The van der Waals surface area contributed by atoms with Gasteiger partial charge in [0.2, 0.25) is 11.7 Å². The van der Waals surface area contributed by atoms with E-state index in [2.05, 4.69) is 43.0 Å². The lowest BCUT2D eigenvalue weighted by Crippen LogP contribution is -2.70. The Morgan fingerprint density at radius 2 is 1.57 bits per heavy atom. The summed E-state index contributed by atoms with van der Waals surface area (Å²) in [6.07, 6.45) is 12.6. The summed E-state index contributed by atoms with van der Waals surface area (Å²) in [6.45, 7) is 6.97. The number of nitro benzene ring substituents is 1. The Kier molecular flexibility index (Phi) is 16.7. The molecule has 70 heavy (non-hydrogen) atoms. The molecule has 3 aliphatic rings. The largest absolute Gasteiger partial charge is 0.459 e. The Bertz CT molecular complexity index is 2630. The molecule has 5 aromatic rings. The molecule has 1 fully saturated rings. The number of carbonyl (C=O) groups excluding carboxylic acids is 1. The fourth-order valence-electron chi connectivity index (χ4n) is 10.6. The highest BCUT2D eigenvalue weighted by Crippen LogP contribution is 2.62. The lowest BCUT2D eigenvalue weighted by Gasteiger charge is -2.60. The van der Waals surface area contributed by atoms with Crippen molar-refractivity contribution in [1.29, 1.82) is 0 Å². The zero-order valence-electron chi connectivity index (χ0n) is 39.8. The minimum atomic E-state index is -1.44. The van der Waals surface area contributed by atoms with E-state index in [4.69, 9.17) is 24.2 Å². The van der Waals surface area contributed by atoms with E-state index in [0.29, 0.717) is 54.3 Å². The van der Waals surface area contributed by atoms with Crippen molar-refractivity contribution in [2.75, 3.05) is 26.4 Å². The molecule has 1 saturated carbocycles. The van der Waals surface area contributed by atoms with E-state index in [-0.39, 0.29) is 62.2 Å². The van der Waals surface area contributed by atoms with E-state index in [0.717, 1.165) is 53.5 Å². The van der Waals surface area contributed by atoms with Gasteiger partial charge in [0.1, 0.15) is 29.9 Å². The maximum atomic E-state index is 14.9. The normalized spacial score (nSPS) is 21.8. The van der Waals surface area contributed by atoms with Gasteiger partial charge < -0.3 is 34.2 Å². The third-order valence-corrected chi connectivity index (χ3v) is 13.7. The van der Waals surface area contributed by atoms with Gasteiger partial charge in [-0.15, -0.1) is 6.58 Å². The van der Waals surface area contributed by atoms with Crippen LogP contribution < -0.4 is 9.47 Å². The van der Waals surface area contributed by atoms with E-state index >= 15 is 0 Å². The molecule has 1 amide bonds. The first-order chi connectivity index (χ1) is 34.3. The number of amides is 1. The van der Waals surface area contributed by atoms with Gasteiger partial charge in [0.15, 0.2) is 0 Å². The third kappa shape index (κ3) is 11.3. The van der Waals surface area contributed by atoms with Crippen LogP contribution in [0.1, 0.15) is 80.9 Å². The molecule has 0 unspecified atom stereocenters. The van der Waals surface area contributed by atoms with Crippen LogP contribution in [0.3, 0.4) is 0 Å². The predicted molar refractivity (Wildman–Crippen MR) is 272 cm³/mol. The zero-order chi connectivity index (χ0) is 48.9. The van der Waals surface area contributed by atoms with Gasteiger partial charge in [-0.05, 0) is 120 Å². The first-order valence-electron chi connectivity index (χ1n) is 24.6. The molecule has 2 aliphatic carbocycles. The van der Waals surface area contributed by atoms with Crippen LogP contribution in [0.5, 0.6) is 17.2 Å². The highest BCUT2D eigenvalue weighted by Gasteiger charge is 2.65. The van der Waals surface area contributed by atoms with E-state index in [1.165, 1.54) is 18.2 Å². The van der Waals surface area contributed by atoms with E-state index < -0.39 is 22.7 Å². The maximum Gasteiger partial charge on any atom is 0.269 e. The first-order valence-corrected chi connectivity index (χ1v) is 24.6. The highest BCUT2D eigenvalue weighted by molar-refractivity contribution is 6.03. The van der Waals surface area contributed by atoms with Gasteiger partial charge in [-0.2, -0.15) is 0 Å². The summed E-state index contributed by atoms with van der Waals surface area (Å²) in [7, 11) is 0. The molecular formula is C58H63N3O9. The summed E-state index contributed by atoms with van der Waals surface area (Å²) in [5.74, 6) is -0.450. The monoisotopic (exact) mass is 945 g/mol. The summed E-state index contributed by atoms with van der Waals surface area (Å²) in [5.41, 5.74) is 6.33. The summed E-state index contributed by atoms with van der Waals surface area (Å²) in [4.78, 5) is 33.9. The van der Waals surface area contributed by atoms with Gasteiger partial charge in [0.25, 0.3) is 5.69 Å².